The Morgan fingerprint density at radius 1 is 1.14 bits per heavy atom. The number of ether oxygens (including phenoxy) is 1. The topological polar surface area (TPSA) is 72.7 Å². The van der Waals surface area contributed by atoms with Crippen molar-refractivity contribution >= 4 is 61.9 Å². The Hall–Kier alpha value is -2.44. The Labute approximate surface area is 216 Å². The van der Waals surface area contributed by atoms with Gasteiger partial charge in [-0.15, -0.1) is 0 Å². The molecule has 0 aromatic heterocycles. The van der Waals surface area contributed by atoms with E-state index in [9.17, 15) is 28.1 Å². The van der Waals surface area contributed by atoms with Crippen molar-refractivity contribution in [1.82, 2.24) is 4.90 Å². The highest BCUT2D eigenvalue weighted by atomic mass is 79.9. The summed E-state index contributed by atoms with van der Waals surface area (Å²) in [6, 6.07) is 6.91. The molecule has 0 unspecified atom stereocenters. The minimum atomic E-state index is -4.74. The third kappa shape index (κ3) is 5.70. The van der Waals surface area contributed by atoms with E-state index in [-0.39, 0.29) is 23.4 Å². The highest BCUT2D eigenvalue weighted by molar-refractivity contribution is 9.10. The highest BCUT2D eigenvalue weighted by Crippen LogP contribution is 2.41. The van der Waals surface area contributed by atoms with Gasteiger partial charge in [-0.05, 0) is 49.2 Å². The van der Waals surface area contributed by atoms with Crippen molar-refractivity contribution in [2.24, 2.45) is 0 Å². The lowest BCUT2D eigenvalue weighted by Crippen LogP contribution is -2.39. The van der Waals surface area contributed by atoms with E-state index in [4.69, 9.17) is 17.0 Å². The van der Waals surface area contributed by atoms with Crippen LogP contribution in [0.15, 0.2) is 45.8 Å². The summed E-state index contributed by atoms with van der Waals surface area (Å²) in [5.74, 6) is -0.424. The molecule has 0 bridgehead atoms. The summed E-state index contributed by atoms with van der Waals surface area (Å²) in [6.45, 7) is 0. The van der Waals surface area contributed by atoms with Crippen molar-refractivity contribution in [3.05, 3.63) is 67.0 Å². The van der Waals surface area contributed by atoms with E-state index in [1.807, 2.05) is 0 Å². The molecule has 0 N–H and O–H groups in total. The van der Waals surface area contributed by atoms with Crippen LogP contribution in [0.4, 0.5) is 18.9 Å². The molecule has 184 valence electrons. The molecule has 1 heterocycles. The van der Waals surface area contributed by atoms with Gasteiger partial charge in [-0.1, -0.05) is 59.2 Å². The molecular formula is C23H18BrF3N2O4S2. The van der Waals surface area contributed by atoms with Crippen LogP contribution < -0.4 is 4.74 Å². The second-order valence-corrected chi connectivity index (χ2v) is 10.7. The molecular weight excluding hydrogens is 569 g/mol. The Balaban J connectivity index is 1.67. The fourth-order valence-electron chi connectivity index (χ4n) is 4.04. The van der Waals surface area contributed by atoms with Gasteiger partial charge < -0.3 is 4.74 Å². The van der Waals surface area contributed by atoms with Gasteiger partial charge in [-0.3, -0.25) is 19.8 Å². The van der Waals surface area contributed by atoms with Crippen LogP contribution in [0.1, 0.15) is 43.2 Å². The molecule has 0 atom stereocenters. The first-order chi connectivity index (χ1) is 16.5. The van der Waals surface area contributed by atoms with Crippen LogP contribution in [-0.4, -0.2) is 26.1 Å². The zero-order valence-corrected chi connectivity index (χ0v) is 21.2. The standard InChI is InChI=1S/C23H18BrF3N2O4S2/c24-15-7-9-18(33-19-8-6-14(23(25,26)27)12-17(19)29(31)32)13(10-15)11-20-21(30)28(22(34)35-20)16-4-2-1-3-5-16/h6-12,16H,1-5H2/b20-11-. The quantitative estimate of drug-likeness (QED) is 0.155. The van der Waals surface area contributed by atoms with E-state index in [0.29, 0.717) is 25.3 Å². The number of carbonyl (C=O) groups excluding carboxylic acids is 1. The first-order valence-corrected chi connectivity index (χ1v) is 12.7. The van der Waals surface area contributed by atoms with Crippen molar-refractivity contribution in [1.29, 1.82) is 0 Å². The van der Waals surface area contributed by atoms with E-state index in [1.165, 1.54) is 17.8 Å². The van der Waals surface area contributed by atoms with Crippen LogP contribution in [0.5, 0.6) is 11.5 Å². The monoisotopic (exact) mass is 586 g/mol. The lowest BCUT2D eigenvalue weighted by atomic mass is 9.94. The average molecular weight is 587 g/mol. The number of hydrogen-bond donors (Lipinski definition) is 0. The van der Waals surface area contributed by atoms with Crippen molar-refractivity contribution in [3.63, 3.8) is 0 Å². The van der Waals surface area contributed by atoms with Crippen molar-refractivity contribution in [2.75, 3.05) is 0 Å². The largest absolute Gasteiger partial charge is 0.449 e. The van der Waals surface area contributed by atoms with Gasteiger partial charge in [-0.25, -0.2) is 0 Å². The molecule has 12 heteroatoms. The molecule has 1 saturated heterocycles. The van der Waals surface area contributed by atoms with Crippen LogP contribution in [0.25, 0.3) is 6.08 Å². The number of alkyl halides is 3. The number of nitrogens with zero attached hydrogens (tertiary/aromatic N) is 2. The Bertz CT molecular complexity index is 1230. The maximum absolute atomic E-state index is 13.1. The average Bonchev–Trinajstić information content (AvgIpc) is 3.08. The maximum atomic E-state index is 13.1. The number of halogens is 4. The number of thiocarbonyl (C=S) groups is 1. The second-order valence-electron chi connectivity index (χ2n) is 8.07. The van der Waals surface area contributed by atoms with Gasteiger partial charge >= 0.3 is 11.9 Å². The predicted molar refractivity (Wildman–Crippen MR) is 134 cm³/mol. The summed E-state index contributed by atoms with van der Waals surface area (Å²) in [4.78, 5) is 25.7. The van der Waals surface area contributed by atoms with Crippen LogP contribution in [0.3, 0.4) is 0 Å². The van der Waals surface area contributed by atoms with Gasteiger partial charge in [0.25, 0.3) is 5.91 Å². The lowest BCUT2D eigenvalue weighted by Gasteiger charge is -2.29. The smallest absolute Gasteiger partial charge is 0.416 e. The van der Waals surface area contributed by atoms with E-state index >= 15 is 0 Å². The van der Waals surface area contributed by atoms with Gasteiger partial charge in [0.05, 0.1) is 15.4 Å². The van der Waals surface area contributed by atoms with Crippen LogP contribution in [-0.2, 0) is 11.0 Å². The number of nitro benzene ring substituents is 1. The molecule has 2 fully saturated rings. The first-order valence-electron chi connectivity index (χ1n) is 10.6. The molecule has 1 amide bonds. The Morgan fingerprint density at radius 2 is 1.83 bits per heavy atom. The zero-order chi connectivity index (χ0) is 25.3. The lowest BCUT2D eigenvalue weighted by molar-refractivity contribution is -0.385. The minimum absolute atomic E-state index is 0.0650. The highest BCUT2D eigenvalue weighted by Gasteiger charge is 2.38. The summed E-state index contributed by atoms with van der Waals surface area (Å²) < 4.78 is 45.9. The fraction of sp³-hybridized carbons (Fsp3) is 0.304. The van der Waals surface area contributed by atoms with E-state index < -0.39 is 22.4 Å². The van der Waals surface area contributed by atoms with E-state index in [2.05, 4.69) is 15.9 Å². The van der Waals surface area contributed by atoms with Crippen LogP contribution in [0, 0.1) is 10.1 Å². The first kappa shape index (κ1) is 25.6. The number of hydrogen-bond acceptors (Lipinski definition) is 6. The molecule has 2 aromatic rings. The van der Waals surface area contributed by atoms with Gasteiger partial charge in [-0.2, -0.15) is 13.2 Å². The normalized spacial score (nSPS) is 18.4. The molecule has 1 aliphatic carbocycles. The maximum Gasteiger partial charge on any atom is 0.416 e. The van der Waals surface area contributed by atoms with Crippen molar-refractivity contribution in [2.45, 2.75) is 44.3 Å². The summed E-state index contributed by atoms with van der Waals surface area (Å²) >= 11 is 9.99. The third-order valence-electron chi connectivity index (χ3n) is 5.72. The Morgan fingerprint density at radius 3 is 2.49 bits per heavy atom. The molecule has 2 aliphatic rings. The number of benzene rings is 2. The van der Waals surface area contributed by atoms with Crippen molar-refractivity contribution < 1.29 is 27.6 Å². The molecule has 4 rings (SSSR count). The predicted octanol–water partition coefficient (Wildman–Crippen LogP) is 7.70. The molecule has 0 radical (unpaired) electrons. The van der Waals surface area contributed by atoms with Gasteiger partial charge in [0.2, 0.25) is 5.75 Å². The van der Waals surface area contributed by atoms with Crippen LogP contribution in [0.2, 0.25) is 0 Å². The molecule has 1 aliphatic heterocycles. The SMILES string of the molecule is O=C1/C(=C/c2cc(Br)ccc2Oc2ccc(C(F)(F)F)cc2[N+](=O)[O-])SC(=S)N1C1CCCCC1. The molecule has 2 aromatic carbocycles. The van der Waals surface area contributed by atoms with Gasteiger partial charge in [0.15, 0.2) is 0 Å². The number of amides is 1. The van der Waals surface area contributed by atoms with E-state index in [1.54, 1.807) is 23.1 Å². The molecule has 6 nitrogen and oxygen atoms in total. The fourth-order valence-corrected chi connectivity index (χ4v) is 5.81. The van der Waals surface area contributed by atoms with E-state index in [0.717, 1.165) is 44.2 Å². The van der Waals surface area contributed by atoms with Gasteiger partial charge in [0, 0.05) is 22.1 Å². The Kier molecular flexibility index (Phi) is 7.53. The molecule has 0 spiro atoms. The number of thioether (sulfide) groups is 1. The summed E-state index contributed by atoms with van der Waals surface area (Å²) in [5, 5.41) is 11.4. The minimum Gasteiger partial charge on any atom is -0.449 e. The summed E-state index contributed by atoms with van der Waals surface area (Å²) in [6.07, 6.45) is 1.84. The number of rotatable bonds is 5. The zero-order valence-electron chi connectivity index (χ0n) is 18.0. The van der Waals surface area contributed by atoms with Crippen LogP contribution >= 0.6 is 39.9 Å². The third-order valence-corrected chi connectivity index (χ3v) is 7.55. The summed E-state index contributed by atoms with van der Waals surface area (Å²) in [7, 11) is 0. The second kappa shape index (κ2) is 10.3. The number of nitro groups is 1. The summed E-state index contributed by atoms with van der Waals surface area (Å²) in [5.41, 5.74) is -1.56. The van der Waals surface area contributed by atoms with Crippen molar-refractivity contribution in [3.8, 4) is 11.5 Å². The van der Waals surface area contributed by atoms with Gasteiger partial charge in [0.1, 0.15) is 10.1 Å². The molecule has 1 saturated carbocycles. The number of carbonyl (C=O) groups is 1. The molecule has 35 heavy (non-hydrogen) atoms.